The number of urea groups is 1. The van der Waals surface area contributed by atoms with Crippen LogP contribution in [0.25, 0.3) is 0 Å². The Morgan fingerprint density at radius 1 is 1.30 bits per heavy atom. The van der Waals surface area contributed by atoms with Gasteiger partial charge in [-0.2, -0.15) is 0 Å². The van der Waals surface area contributed by atoms with Crippen LogP contribution in [-0.4, -0.2) is 47.4 Å². The summed E-state index contributed by atoms with van der Waals surface area (Å²) in [6, 6.07) is 1.15. The monoisotopic (exact) mass is 393 g/mol. The number of amides is 4. The summed E-state index contributed by atoms with van der Waals surface area (Å²) in [6.45, 7) is 3.40. The SMILES string of the molecule is CCOC(=O)c1sc(NC(=O)CN2C(=O)NC3(CCCCC3)C2=O)cc1C. The van der Waals surface area contributed by atoms with Gasteiger partial charge >= 0.3 is 12.0 Å². The normalized spacial score (nSPS) is 18.5. The molecule has 1 aliphatic heterocycles. The van der Waals surface area contributed by atoms with Crippen LogP contribution in [0, 0.1) is 6.92 Å². The zero-order valence-corrected chi connectivity index (χ0v) is 16.2. The molecule has 1 saturated carbocycles. The second kappa shape index (κ2) is 7.67. The maximum Gasteiger partial charge on any atom is 0.348 e. The van der Waals surface area contributed by atoms with Gasteiger partial charge in [0.15, 0.2) is 0 Å². The first-order chi connectivity index (χ1) is 12.9. The first kappa shape index (κ1) is 19.3. The molecule has 2 N–H and O–H groups in total. The number of anilines is 1. The van der Waals surface area contributed by atoms with Gasteiger partial charge < -0.3 is 15.4 Å². The van der Waals surface area contributed by atoms with Gasteiger partial charge in [-0.15, -0.1) is 11.3 Å². The van der Waals surface area contributed by atoms with Crippen LogP contribution in [0.1, 0.15) is 54.3 Å². The molecule has 1 spiro atoms. The maximum absolute atomic E-state index is 12.7. The molecule has 27 heavy (non-hydrogen) atoms. The Morgan fingerprint density at radius 2 is 2.00 bits per heavy atom. The number of hydrogen-bond donors (Lipinski definition) is 2. The molecule has 2 fully saturated rings. The number of nitrogens with zero attached hydrogens (tertiary/aromatic N) is 1. The molecule has 1 saturated heterocycles. The summed E-state index contributed by atoms with van der Waals surface area (Å²) in [5.74, 6) is -1.24. The highest BCUT2D eigenvalue weighted by Gasteiger charge is 2.51. The molecular weight excluding hydrogens is 370 g/mol. The van der Waals surface area contributed by atoms with Crippen molar-refractivity contribution in [1.82, 2.24) is 10.2 Å². The highest BCUT2D eigenvalue weighted by Crippen LogP contribution is 2.33. The van der Waals surface area contributed by atoms with Crippen molar-refractivity contribution in [2.75, 3.05) is 18.5 Å². The number of esters is 1. The lowest BCUT2D eigenvalue weighted by Crippen LogP contribution is -2.48. The zero-order valence-electron chi connectivity index (χ0n) is 15.4. The standard InChI is InChI=1S/C18H23N3O5S/c1-3-26-15(23)14-11(2)9-13(27-14)19-12(22)10-21-16(24)18(20-17(21)25)7-5-4-6-8-18/h9H,3-8,10H2,1-2H3,(H,19,22)(H,20,25). The highest BCUT2D eigenvalue weighted by atomic mass is 32.1. The van der Waals surface area contributed by atoms with E-state index in [1.165, 1.54) is 0 Å². The predicted octanol–water partition coefficient (Wildman–Crippen LogP) is 2.43. The van der Waals surface area contributed by atoms with Crippen LogP contribution in [0.15, 0.2) is 6.07 Å². The van der Waals surface area contributed by atoms with Gasteiger partial charge in [-0.3, -0.25) is 14.5 Å². The van der Waals surface area contributed by atoms with Crippen molar-refractivity contribution in [1.29, 1.82) is 0 Å². The van der Waals surface area contributed by atoms with E-state index in [9.17, 15) is 19.2 Å². The Morgan fingerprint density at radius 3 is 2.67 bits per heavy atom. The maximum atomic E-state index is 12.7. The molecule has 2 aliphatic rings. The number of nitrogens with one attached hydrogen (secondary N) is 2. The molecule has 8 nitrogen and oxygen atoms in total. The third-order valence-corrected chi connectivity index (χ3v) is 6.03. The lowest BCUT2D eigenvalue weighted by Gasteiger charge is -2.30. The van der Waals surface area contributed by atoms with E-state index in [2.05, 4.69) is 10.6 Å². The number of rotatable bonds is 5. The molecule has 0 unspecified atom stereocenters. The Hall–Kier alpha value is -2.42. The van der Waals surface area contributed by atoms with Crippen LogP contribution in [-0.2, 0) is 14.3 Å². The van der Waals surface area contributed by atoms with Gasteiger partial charge in [0.05, 0.1) is 11.6 Å². The fourth-order valence-electron chi connectivity index (χ4n) is 3.58. The van der Waals surface area contributed by atoms with E-state index in [4.69, 9.17) is 4.74 Å². The van der Waals surface area contributed by atoms with Crippen LogP contribution >= 0.6 is 11.3 Å². The summed E-state index contributed by atoms with van der Waals surface area (Å²) in [4.78, 5) is 50.5. The molecule has 1 aromatic rings. The summed E-state index contributed by atoms with van der Waals surface area (Å²) < 4.78 is 4.98. The van der Waals surface area contributed by atoms with Crippen molar-refractivity contribution in [2.24, 2.45) is 0 Å². The number of thiophene rings is 1. The van der Waals surface area contributed by atoms with Crippen molar-refractivity contribution in [3.63, 3.8) is 0 Å². The highest BCUT2D eigenvalue weighted by molar-refractivity contribution is 7.18. The number of carbonyl (C=O) groups excluding carboxylic acids is 4. The molecule has 3 rings (SSSR count). The Labute approximate surface area is 161 Å². The lowest BCUT2D eigenvalue weighted by molar-refractivity contribution is -0.134. The molecule has 1 aliphatic carbocycles. The topological polar surface area (TPSA) is 105 Å². The van der Waals surface area contributed by atoms with Gasteiger partial charge in [0.2, 0.25) is 5.91 Å². The zero-order chi connectivity index (χ0) is 19.6. The first-order valence-corrected chi connectivity index (χ1v) is 9.89. The fraction of sp³-hybridized carbons (Fsp3) is 0.556. The lowest BCUT2D eigenvalue weighted by atomic mass is 9.82. The van der Waals surface area contributed by atoms with Crippen molar-refractivity contribution in [3.05, 3.63) is 16.5 Å². The van der Waals surface area contributed by atoms with Crippen molar-refractivity contribution in [3.8, 4) is 0 Å². The van der Waals surface area contributed by atoms with Gasteiger partial charge in [-0.25, -0.2) is 9.59 Å². The molecule has 0 bridgehead atoms. The number of hydrogen-bond acceptors (Lipinski definition) is 6. The number of aryl methyl sites for hydroxylation is 1. The van der Waals surface area contributed by atoms with Crippen LogP contribution in [0.2, 0.25) is 0 Å². The molecule has 2 heterocycles. The van der Waals surface area contributed by atoms with E-state index < -0.39 is 23.4 Å². The van der Waals surface area contributed by atoms with Crippen molar-refractivity contribution in [2.45, 2.75) is 51.5 Å². The molecule has 0 aromatic carbocycles. The molecule has 4 amide bonds. The Kier molecular flexibility index (Phi) is 5.50. The summed E-state index contributed by atoms with van der Waals surface area (Å²) in [6.07, 6.45) is 4.05. The van der Waals surface area contributed by atoms with Crippen LogP contribution in [0.4, 0.5) is 9.80 Å². The largest absolute Gasteiger partial charge is 0.462 e. The molecule has 146 valence electrons. The van der Waals surface area contributed by atoms with E-state index >= 15 is 0 Å². The van der Waals surface area contributed by atoms with Gasteiger partial charge in [0.25, 0.3) is 5.91 Å². The molecule has 9 heteroatoms. The van der Waals surface area contributed by atoms with Crippen molar-refractivity contribution < 1.29 is 23.9 Å². The van der Waals surface area contributed by atoms with Gasteiger partial charge in [-0.1, -0.05) is 19.3 Å². The average molecular weight is 393 g/mol. The minimum atomic E-state index is -0.841. The van der Waals surface area contributed by atoms with Gasteiger partial charge in [0, 0.05) is 0 Å². The summed E-state index contributed by atoms with van der Waals surface area (Å²) in [5.41, 5.74) is -0.142. The third kappa shape index (κ3) is 3.83. The summed E-state index contributed by atoms with van der Waals surface area (Å²) in [7, 11) is 0. The molecule has 0 radical (unpaired) electrons. The number of imide groups is 1. The Balaban J connectivity index is 1.64. The second-order valence-corrected chi connectivity index (χ2v) is 7.91. The third-order valence-electron chi connectivity index (χ3n) is 4.90. The molecule has 1 aromatic heterocycles. The second-order valence-electron chi connectivity index (χ2n) is 6.86. The first-order valence-electron chi connectivity index (χ1n) is 9.08. The average Bonchev–Trinajstić information content (AvgIpc) is 3.09. The number of ether oxygens (including phenoxy) is 1. The van der Waals surface area contributed by atoms with Crippen molar-refractivity contribution >= 4 is 40.2 Å². The van der Waals surface area contributed by atoms with E-state index in [-0.39, 0.29) is 19.1 Å². The van der Waals surface area contributed by atoms with Crippen LogP contribution in [0.5, 0.6) is 0 Å². The van der Waals surface area contributed by atoms with Gasteiger partial charge in [0.1, 0.15) is 17.0 Å². The molecule has 0 atom stereocenters. The smallest absolute Gasteiger partial charge is 0.348 e. The van der Waals surface area contributed by atoms with Gasteiger partial charge in [-0.05, 0) is 38.3 Å². The van der Waals surface area contributed by atoms with Crippen LogP contribution in [0.3, 0.4) is 0 Å². The van der Waals surface area contributed by atoms with E-state index in [0.717, 1.165) is 35.5 Å². The summed E-state index contributed by atoms with van der Waals surface area (Å²) in [5, 5.41) is 5.91. The summed E-state index contributed by atoms with van der Waals surface area (Å²) >= 11 is 1.11. The fourth-order valence-corrected chi connectivity index (χ4v) is 4.56. The van der Waals surface area contributed by atoms with E-state index in [0.29, 0.717) is 28.3 Å². The van der Waals surface area contributed by atoms with E-state index in [1.54, 1.807) is 19.9 Å². The minimum Gasteiger partial charge on any atom is -0.462 e. The quantitative estimate of drug-likeness (QED) is 0.590. The van der Waals surface area contributed by atoms with Crippen LogP contribution < -0.4 is 10.6 Å². The Bertz CT molecular complexity index is 782. The molecular formula is C18H23N3O5S. The number of carbonyl (C=O) groups is 4. The van der Waals surface area contributed by atoms with E-state index in [1.807, 2.05) is 0 Å². The minimum absolute atomic E-state index is 0.270. The predicted molar refractivity (Wildman–Crippen MR) is 99.7 cm³/mol.